The minimum atomic E-state index is 0.646. The van der Waals surface area contributed by atoms with Crippen molar-refractivity contribution in [1.82, 2.24) is 14.9 Å². The zero-order valence-electron chi connectivity index (χ0n) is 10.8. The van der Waals surface area contributed by atoms with Crippen LogP contribution >= 0.6 is 11.3 Å². The van der Waals surface area contributed by atoms with Crippen molar-refractivity contribution < 1.29 is 0 Å². The summed E-state index contributed by atoms with van der Waals surface area (Å²) in [4.78, 5) is 11.0. The Balaban J connectivity index is 1.83. The molecule has 0 spiro atoms. The monoisotopic (exact) mass is 262 g/mol. The lowest BCUT2D eigenvalue weighted by Gasteiger charge is -2.15. The molecule has 0 fully saturated rings. The van der Waals surface area contributed by atoms with E-state index in [0.29, 0.717) is 5.13 Å². The Morgan fingerprint density at radius 1 is 1.28 bits per heavy atom. The van der Waals surface area contributed by atoms with Gasteiger partial charge >= 0.3 is 0 Å². The van der Waals surface area contributed by atoms with Gasteiger partial charge < -0.3 is 10.6 Å². The van der Waals surface area contributed by atoms with Gasteiger partial charge in [-0.2, -0.15) is 0 Å². The number of rotatable bonds is 5. The zero-order valence-corrected chi connectivity index (χ0v) is 11.6. The van der Waals surface area contributed by atoms with Crippen LogP contribution in [-0.4, -0.2) is 28.5 Å². The van der Waals surface area contributed by atoms with Crippen LogP contribution in [0, 0.1) is 6.92 Å². The van der Waals surface area contributed by atoms with Gasteiger partial charge in [-0.15, -0.1) is 11.3 Å². The summed E-state index contributed by atoms with van der Waals surface area (Å²) >= 11 is 1.50. The summed E-state index contributed by atoms with van der Waals surface area (Å²) in [5, 5.41) is 2.67. The molecular weight excluding hydrogens is 244 g/mol. The number of nitrogens with zero attached hydrogens (tertiary/aromatic N) is 3. The van der Waals surface area contributed by atoms with E-state index in [2.05, 4.69) is 28.0 Å². The van der Waals surface area contributed by atoms with E-state index in [9.17, 15) is 0 Å². The first-order chi connectivity index (χ1) is 8.63. The van der Waals surface area contributed by atoms with Crippen LogP contribution in [-0.2, 0) is 13.0 Å². The number of hydrogen-bond donors (Lipinski definition) is 1. The van der Waals surface area contributed by atoms with E-state index in [1.54, 1.807) is 0 Å². The van der Waals surface area contributed by atoms with Crippen LogP contribution in [0.2, 0.25) is 0 Å². The number of nitrogen functional groups attached to an aromatic ring is 1. The van der Waals surface area contributed by atoms with E-state index < -0.39 is 0 Å². The van der Waals surface area contributed by atoms with Crippen LogP contribution in [0.5, 0.6) is 0 Å². The van der Waals surface area contributed by atoms with E-state index in [4.69, 9.17) is 5.73 Å². The van der Waals surface area contributed by atoms with Crippen molar-refractivity contribution in [3.8, 4) is 0 Å². The molecule has 2 heterocycles. The average Bonchev–Trinajstić information content (AvgIpc) is 2.73. The average molecular weight is 262 g/mol. The summed E-state index contributed by atoms with van der Waals surface area (Å²) in [5.41, 5.74) is 8.85. The molecule has 0 saturated heterocycles. The molecule has 2 aromatic rings. The molecule has 5 heteroatoms. The van der Waals surface area contributed by atoms with Gasteiger partial charge in [0.05, 0.1) is 11.4 Å². The Kier molecular flexibility index (Phi) is 4.28. The van der Waals surface area contributed by atoms with Gasteiger partial charge in [-0.25, -0.2) is 4.98 Å². The van der Waals surface area contributed by atoms with Crippen LogP contribution in [0.4, 0.5) is 5.13 Å². The molecular formula is C13H18N4S. The van der Waals surface area contributed by atoms with Crippen molar-refractivity contribution in [3.05, 3.63) is 40.7 Å². The van der Waals surface area contributed by atoms with E-state index in [0.717, 1.165) is 36.6 Å². The van der Waals surface area contributed by atoms with Gasteiger partial charge in [0, 0.05) is 30.6 Å². The first-order valence-corrected chi connectivity index (χ1v) is 6.82. The number of likely N-dealkylation sites (N-methyl/N-ethyl adjacent to an activating group) is 1. The lowest BCUT2D eigenvalue weighted by Crippen LogP contribution is -2.21. The van der Waals surface area contributed by atoms with E-state index in [1.165, 1.54) is 11.3 Å². The summed E-state index contributed by atoms with van der Waals surface area (Å²) in [5.74, 6) is 0. The smallest absolute Gasteiger partial charge is 0.180 e. The third kappa shape index (κ3) is 3.78. The summed E-state index contributed by atoms with van der Waals surface area (Å²) in [6.45, 7) is 3.83. The second-order valence-corrected chi connectivity index (χ2v) is 5.32. The molecule has 0 amide bonds. The fraction of sp³-hybridized carbons (Fsp3) is 0.385. The Labute approximate surface area is 111 Å². The SMILES string of the molecule is Cc1cccc(CN(C)CCc2csc(N)n2)n1. The Morgan fingerprint density at radius 3 is 2.78 bits per heavy atom. The summed E-state index contributed by atoms with van der Waals surface area (Å²) in [6.07, 6.45) is 0.927. The summed E-state index contributed by atoms with van der Waals surface area (Å²) in [7, 11) is 2.10. The molecule has 2 N–H and O–H groups in total. The largest absolute Gasteiger partial charge is 0.375 e. The van der Waals surface area contributed by atoms with E-state index in [-0.39, 0.29) is 0 Å². The fourth-order valence-electron chi connectivity index (χ4n) is 1.79. The highest BCUT2D eigenvalue weighted by atomic mass is 32.1. The maximum absolute atomic E-state index is 5.61. The molecule has 0 aliphatic rings. The van der Waals surface area contributed by atoms with Crippen molar-refractivity contribution in [2.75, 3.05) is 19.3 Å². The van der Waals surface area contributed by atoms with Gasteiger partial charge in [0.1, 0.15) is 0 Å². The van der Waals surface area contributed by atoms with Crippen LogP contribution in [0.25, 0.3) is 0 Å². The van der Waals surface area contributed by atoms with Gasteiger partial charge in [-0.05, 0) is 26.1 Å². The number of aryl methyl sites for hydroxylation is 1. The van der Waals surface area contributed by atoms with Crippen molar-refractivity contribution in [2.45, 2.75) is 19.9 Å². The van der Waals surface area contributed by atoms with Crippen molar-refractivity contribution >= 4 is 16.5 Å². The standard InChI is InChI=1S/C13H18N4S/c1-10-4-3-5-11(15-10)8-17(2)7-6-12-9-18-13(14)16-12/h3-5,9H,6-8H2,1-2H3,(H2,14,16). The first kappa shape index (κ1) is 13.0. The molecule has 18 heavy (non-hydrogen) atoms. The second-order valence-electron chi connectivity index (χ2n) is 4.44. The number of pyridine rings is 1. The fourth-order valence-corrected chi connectivity index (χ4v) is 2.38. The van der Waals surface area contributed by atoms with Crippen LogP contribution < -0.4 is 5.73 Å². The lowest BCUT2D eigenvalue weighted by atomic mass is 10.3. The van der Waals surface area contributed by atoms with Crippen molar-refractivity contribution in [2.24, 2.45) is 0 Å². The molecule has 0 aliphatic heterocycles. The van der Waals surface area contributed by atoms with Crippen molar-refractivity contribution in [1.29, 1.82) is 0 Å². The Morgan fingerprint density at radius 2 is 2.11 bits per heavy atom. The molecule has 0 aliphatic carbocycles. The molecule has 0 aromatic carbocycles. The number of thiazole rings is 1. The van der Waals surface area contributed by atoms with Gasteiger partial charge in [0.2, 0.25) is 0 Å². The zero-order chi connectivity index (χ0) is 13.0. The predicted molar refractivity (Wildman–Crippen MR) is 75.5 cm³/mol. The predicted octanol–water partition coefficient (Wildman–Crippen LogP) is 2.10. The first-order valence-electron chi connectivity index (χ1n) is 5.94. The molecule has 0 unspecified atom stereocenters. The lowest BCUT2D eigenvalue weighted by molar-refractivity contribution is 0.326. The highest BCUT2D eigenvalue weighted by Crippen LogP contribution is 2.12. The molecule has 0 atom stereocenters. The number of aromatic nitrogens is 2. The summed E-state index contributed by atoms with van der Waals surface area (Å²) < 4.78 is 0. The minimum absolute atomic E-state index is 0.646. The molecule has 0 bridgehead atoms. The van der Waals surface area contributed by atoms with Crippen LogP contribution in [0.1, 0.15) is 17.1 Å². The van der Waals surface area contributed by atoms with Gasteiger partial charge in [-0.1, -0.05) is 6.07 Å². The van der Waals surface area contributed by atoms with Crippen molar-refractivity contribution in [3.63, 3.8) is 0 Å². The molecule has 0 saturated carbocycles. The van der Waals surface area contributed by atoms with Gasteiger partial charge in [-0.3, -0.25) is 4.98 Å². The highest BCUT2D eigenvalue weighted by Gasteiger charge is 2.04. The third-order valence-electron chi connectivity index (χ3n) is 2.70. The minimum Gasteiger partial charge on any atom is -0.375 e. The molecule has 2 aromatic heterocycles. The van der Waals surface area contributed by atoms with Gasteiger partial charge in [0.25, 0.3) is 0 Å². The highest BCUT2D eigenvalue weighted by molar-refractivity contribution is 7.13. The maximum atomic E-state index is 5.61. The molecule has 96 valence electrons. The number of anilines is 1. The van der Waals surface area contributed by atoms with E-state index >= 15 is 0 Å². The van der Waals surface area contributed by atoms with Crippen LogP contribution in [0.15, 0.2) is 23.6 Å². The molecule has 2 rings (SSSR count). The quantitative estimate of drug-likeness (QED) is 0.896. The Hall–Kier alpha value is -1.46. The van der Waals surface area contributed by atoms with E-state index in [1.807, 2.05) is 24.4 Å². The van der Waals surface area contributed by atoms with Gasteiger partial charge in [0.15, 0.2) is 5.13 Å². The van der Waals surface area contributed by atoms with Crippen LogP contribution in [0.3, 0.4) is 0 Å². The molecule has 4 nitrogen and oxygen atoms in total. The number of nitrogens with two attached hydrogens (primary N) is 1. The topological polar surface area (TPSA) is 55.0 Å². The summed E-state index contributed by atoms with van der Waals surface area (Å²) in [6, 6.07) is 6.12. The third-order valence-corrected chi connectivity index (χ3v) is 3.42. The Bertz CT molecular complexity index is 509. The maximum Gasteiger partial charge on any atom is 0.180 e. The molecule has 0 radical (unpaired) electrons. The number of hydrogen-bond acceptors (Lipinski definition) is 5. The second kappa shape index (κ2) is 5.93. The normalized spacial score (nSPS) is 11.1.